The summed E-state index contributed by atoms with van der Waals surface area (Å²) < 4.78 is 46.1. The van der Waals surface area contributed by atoms with Crippen molar-refractivity contribution in [1.29, 1.82) is 0 Å². The highest BCUT2D eigenvalue weighted by molar-refractivity contribution is 5.90. The third kappa shape index (κ3) is 2.42. The summed E-state index contributed by atoms with van der Waals surface area (Å²) in [5.41, 5.74) is 1.87. The van der Waals surface area contributed by atoms with Gasteiger partial charge in [-0.3, -0.25) is 0 Å². The van der Waals surface area contributed by atoms with Crippen molar-refractivity contribution < 1.29 is 33.2 Å². The summed E-state index contributed by atoms with van der Waals surface area (Å²) in [6.45, 7) is -0.753. The molecule has 2 aromatic rings. The Kier molecular flexibility index (Phi) is 3.88. The van der Waals surface area contributed by atoms with E-state index in [2.05, 4.69) is 9.97 Å². The molecule has 2 aromatic heterocycles. The van der Waals surface area contributed by atoms with Gasteiger partial charge in [-0.2, -0.15) is 13.2 Å². The molecule has 8 nitrogen and oxygen atoms in total. The van der Waals surface area contributed by atoms with E-state index in [0.29, 0.717) is 6.20 Å². The summed E-state index contributed by atoms with van der Waals surface area (Å²) in [7, 11) is 0. The average molecular weight is 358 g/mol. The van der Waals surface area contributed by atoms with Crippen LogP contribution in [-0.2, 0) is 10.9 Å². The van der Waals surface area contributed by atoms with Gasteiger partial charge in [0.05, 0.1) is 17.6 Å². The van der Waals surface area contributed by atoms with Crippen molar-refractivity contribution >= 4 is 16.9 Å². The molecule has 0 bridgehead atoms. The highest BCUT2D eigenvalue weighted by Crippen LogP contribution is 2.42. The molecular formula is C14H13F3N4O4. The minimum Gasteiger partial charge on any atom is -0.394 e. The largest absolute Gasteiger partial charge is 0.418 e. The summed E-state index contributed by atoms with van der Waals surface area (Å²) in [6, 6.07) is 0. The first-order chi connectivity index (χ1) is 11.6. The maximum atomic E-state index is 13.3. The fraction of sp³-hybridized carbons (Fsp3) is 0.429. The van der Waals surface area contributed by atoms with E-state index in [9.17, 15) is 28.5 Å². The molecule has 5 N–H and O–H groups in total. The zero-order valence-electron chi connectivity index (χ0n) is 12.5. The van der Waals surface area contributed by atoms with Gasteiger partial charge in [0.25, 0.3) is 0 Å². The lowest BCUT2D eigenvalue weighted by Gasteiger charge is -2.24. The van der Waals surface area contributed by atoms with Crippen LogP contribution in [0.25, 0.3) is 11.0 Å². The van der Waals surface area contributed by atoms with E-state index in [-0.39, 0.29) is 5.65 Å². The molecule has 0 spiro atoms. The number of alkyl halides is 3. The number of ether oxygens (including phenoxy) is 1. The van der Waals surface area contributed by atoms with Gasteiger partial charge in [0.2, 0.25) is 0 Å². The van der Waals surface area contributed by atoms with Crippen molar-refractivity contribution in [3.63, 3.8) is 0 Å². The summed E-state index contributed by atoms with van der Waals surface area (Å²) in [4.78, 5) is 7.31. The first-order valence-electron chi connectivity index (χ1n) is 6.97. The number of anilines is 1. The predicted molar refractivity (Wildman–Crippen MR) is 77.7 cm³/mol. The van der Waals surface area contributed by atoms with Gasteiger partial charge in [0, 0.05) is 6.20 Å². The number of aliphatic hydroxyl groups excluding tert-OH is 2. The molecule has 3 heterocycles. The molecule has 1 aliphatic rings. The Balaban J connectivity index is 2.21. The molecule has 0 saturated carbocycles. The summed E-state index contributed by atoms with van der Waals surface area (Å²) in [5.74, 6) is 1.51. The number of halogens is 3. The van der Waals surface area contributed by atoms with E-state index in [4.69, 9.17) is 16.9 Å². The third-order valence-corrected chi connectivity index (χ3v) is 4.13. The second-order valence-electron chi connectivity index (χ2n) is 5.52. The van der Waals surface area contributed by atoms with Crippen molar-refractivity contribution in [2.45, 2.75) is 30.2 Å². The van der Waals surface area contributed by atoms with Gasteiger partial charge < -0.3 is 30.4 Å². The number of rotatable bonds is 2. The number of hydrogen-bond acceptors (Lipinski definition) is 7. The number of aromatic nitrogens is 3. The lowest BCUT2D eigenvalue weighted by Crippen LogP contribution is -2.47. The monoisotopic (exact) mass is 358 g/mol. The van der Waals surface area contributed by atoms with Crippen LogP contribution in [-0.4, -0.2) is 54.3 Å². The van der Waals surface area contributed by atoms with Crippen molar-refractivity contribution in [1.82, 2.24) is 14.5 Å². The van der Waals surface area contributed by atoms with Crippen molar-refractivity contribution in [3.05, 3.63) is 18.1 Å². The summed E-state index contributed by atoms with van der Waals surface area (Å²) >= 11 is 0. The molecule has 0 amide bonds. The zero-order chi connectivity index (χ0) is 18.6. The van der Waals surface area contributed by atoms with Crippen LogP contribution in [0, 0.1) is 12.3 Å². The van der Waals surface area contributed by atoms with Gasteiger partial charge in [0.1, 0.15) is 30.0 Å². The first kappa shape index (κ1) is 17.4. The standard InChI is InChI=1S/C14H13F3N4O4/c1-2-13(24)7(4-22)25-12(9(13)23)21-3-6(14(15,16)17)8-10(18)19-5-20-11(8)21/h1,3,5,7,9,12,22-24H,4H2,(H2,18,19,20)/t7-,9+,12-,13-/m1/s1. The van der Waals surface area contributed by atoms with Gasteiger partial charge in [0.15, 0.2) is 11.8 Å². The van der Waals surface area contributed by atoms with E-state index >= 15 is 0 Å². The Bertz CT molecular complexity index is 862. The summed E-state index contributed by atoms with van der Waals surface area (Å²) in [5, 5.41) is 29.4. The van der Waals surface area contributed by atoms with E-state index < -0.39 is 53.6 Å². The number of nitrogen functional groups attached to an aromatic ring is 1. The molecule has 1 saturated heterocycles. The molecule has 134 valence electrons. The molecule has 3 rings (SSSR count). The number of nitrogens with zero attached hydrogens (tertiary/aromatic N) is 3. The van der Waals surface area contributed by atoms with Crippen LogP contribution in [0.3, 0.4) is 0 Å². The van der Waals surface area contributed by atoms with Gasteiger partial charge in [-0.15, -0.1) is 6.42 Å². The number of hydrogen-bond donors (Lipinski definition) is 4. The van der Waals surface area contributed by atoms with Crippen molar-refractivity contribution in [3.8, 4) is 12.3 Å². The Labute approximate surface area is 138 Å². The Hall–Kier alpha value is -2.39. The molecule has 0 radical (unpaired) electrons. The molecule has 25 heavy (non-hydrogen) atoms. The zero-order valence-corrected chi connectivity index (χ0v) is 12.5. The Morgan fingerprint density at radius 2 is 2.12 bits per heavy atom. The van der Waals surface area contributed by atoms with Gasteiger partial charge in [-0.25, -0.2) is 9.97 Å². The van der Waals surface area contributed by atoms with Crippen LogP contribution in [0.1, 0.15) is 11.8 Å². The molecule has 1 fully saturated rings. The maximum absolute atomic E-state index is 13.3. The fourth-order valence-electron chi connectivity index (χ4n) is 2.85. The average Bonchev–Trinajstić information content (AvgIpc) is 3.06. The molecule has 11 heteroatoms. The lowest BCUT2D eigenvalue weighted by atomic mass is 9.93. The molecule has 0 aromatic carbocycles. The van der Waals surface area contributed by atoms with Crippen LogP contribution in [0.15, 0.2) is 12.5 Å². The second-order valence-corrected chi connectivity index (χ2v) is 5.52. The minimum absolute atomic E-state index is 0.262. The Morgan fingerprint density at radius 1 is 1.44 bits per heavy atom. The maximum Gasteiger partial charge on any atom is 0.418 e. The third-order valence-electron chi connectivity index (χ3n) is 4.13. The van der Waals surface area contributed by atoms with E-state index in [1.165, 1.54) is 0 Å². The topological polar surface area (TPSA) is 127 Å². The first-order valence-corrected chi connectivity index (χ1v) is 6.97. The molecule has 4 atom stereocenters. The van der Waals surface area contributed by atoms with Crippen LogP contribution in [0.2, 0.25) is 0 Å². The number of terminal acetylenes is 1. The van der Waals surface area contributed by atoms with Crippen molar-refractivity contribution in [2.75, 3.05) is 12.3 Å². The molecule has 0 aliphatic carbocycles. The van der Waals surface area contributed by atoms with Gasteiger partial charge >= 0.3 is 6.18 Å². The van der Waals surface area contributed by atoms with Crippen LogP contribution >= 0.6 is 0 Å². The van der Waals surface area contributed by atoms with Crippen LogP contribution in [0.4, 0.5) is 19.0 Å². The van der Waals surface area contributed by atoms with E-state index in [1.54, 1.807) is 0 Å². The van der Waals surface area contributed by atoms with E-state index in [0.717, 1.165) is 10.9 Å². The van der Waals surface area contributed by atoms with Crippen LogP contribution < -0.4 is 5.73 Å². The van der Waals surface area contributed by atoms with Crippen LogP contribution in [0.5, 0.6) is 0 Å². The molecular weight excluding hydrogens is 345 g/mol. The normalized spacial score (nSPS) is 29.9. The highest BCUT2D eigenvalue weighted by Gasteiger charge is 2.55. The van der Waals surface area contributed by atoms with Gasteiger partial charge in [-0.05, 0) is 0 Å². The number of fused-ring (bicyclic) bond motifs is 1. The highest BCUT2D eigenvalue weighted by atomic mass is 19.4. The molecule has 0 unspecified atom stereocenters. The second kappa shape index (κ2) is 5.57. The van der Waals surface area contributed by atoms with E-state index in [1.807, 2.05) is 5.92 Å². The minimum atomic E-state index is -4.77. The number of aliphatic hydroxyl groups is 3. The fourth-order valence-corrected chi connectivity index (χ4v) is 2.85. The number of nitrogens with two attached hydrogens (primary N) is 1. The van der Waals surface area contributed by atoms with Crippen molar-refractivity contribution in [2.24, 2.45) is 0 Å². The quantitative estimate of drug-likeness (QED) is 0.540. The lowest BCUT2D eigenvalue weighted by molar-refractivity contribution is -0.136. The summed E-state index contributed by atoms with van der Waals surface area (Å²) in [6.07, 6.45) is -2.73. The molecule has 1 aliphatic heterocycles. The Morgan fingerprint density at radius 3 is 2.64 bits per heavy atom. The smallest absolute Gasteiger partial charge is 0.394 e. The SMILES string of the molecule is C#C[C@@]1(O)[C@@H](CO)O[C@@H](n2cc(C(F)(F)F)c3c(N)ncnc32)[C@@H]1O. The van der Waals surface area contributed by atoms with Gasteiger partial charge in [-0.1, -0.05) is 5.92 Å². The predicted octanol–water partition coefficient (Wildman–Crippen LogP) is -0.353.